The summed E-state index contributed by atoms with van der Waals surface area (Å²) >= 11 is 1.21. The van der Waals surface area contributed by atoms with E-state index in [0.717, 1.165) is 5.76 Å². The van der Waals surface area contributed by atoms with Crippen LogP contribution < -0.4 is 5.32 Å². The molecule has 2 aromatic heterocycles. The highest BCUT2D eigenvalue weighted by molar-refractivity contribution is 7.15. The maximum absolute atomic E-state index is 11.8. The van der Waals surface area contributed by atoms with Crippen molar-refractivity contribution in [1.82, 2.24) is 5.32 Å². The molecule has 94 valence electrons. The first-order valence-corrected chi connectivity index (χ1v) is 6.40. The van der Waals surface area contributed by atoms with Crippen molar-refractivity contribution in [3.63, 3.8) is 0 Å². The van der Waals surface area contributed by atoms with Crippen molar-refractivity contribution in [2.75, 3.05) is 6.54 Å². The molecule has 0 unspecified atom stereocenters. The van der Waals surface area contributed by atoms with Crippen LogP contribution in [0.5, 0.6) is 0 Å². The lowest BCUT2D eigenvalue weighted by Gasteiger charge is -2.01. The van der Waals surface area contributed by atoms with E-state index in [4.69, 9.17) is 4.42 Å². The molecule has 4 nitrogen and oxygen atoms in total. The van der Waals surface area contributed by atoms with E-state index in [1.54, 1.807) is 18.4 Å². The van der Waals surface area contributed by atoms with E-state index in [9.17, 15) is 9.59 Å². The summed E-state index contributed by atoms with van der Waals surface area (Å²) in [5.41, 5.74) is 0. The van der Waals surface area contributed by atoms with Crippen LogP contribution in [0.15, 0.2) is 34.9 Å². The number of ketones is 1. The summed E-state index contributed by atoms with van der Waals surface area (Å²) in [6, 6.07) is 7.03. The third-order valence-electron chi connectivity index (χ3n) is 2.41. The minimum Gasteiger partial charge on any atom is -0.469 e. The smallest absolute Gasteiger partial charge is 0.261 e. The van der Waals surface area contributed by atoms with Gasteiger partial charge in [-0.15, -0.1) is 11.3 Å². The Labute approximate surface area is 109 Å². The summed E-state index contributed by atoms with van der Waals surface area (Å²) in [6.07, 6.45) is 2.26. The molecule has 0 aliphatic carbocycles. The van der Waals surface area contributed by atoms with E-state index in [2.05, 4.69) is 5.32 Å². The standard InChI is InChI=1S/C13H13NO3S/c1-9(15)11-4-5-12(18-11)13(16)14-7-6-10-3-2-8-17-10/h2-5,8H,6-7H2,1H3,(H,14,16). The molecule has 2 aromatic rings. The van der Waals surface area contributed by atoms with Gasteiger partial charge in [0, 0.05) is 13.0 Å². The number of nitrogens with one attached hydrogen (secondary N) is 1. The summed E-state index contributed by atoms with van der Waals surface area (Å²) in [5, 5.41) is 2.79. The van der Waals surface area contributed by atoms with Crippen LogP contribution in [-0.4, -0.2) is 18.2 Å². The number of carbonyl (C=O) groups is 2. The average molecular weight is 263 g/mol. The molecule has 0 fully saturated rings. The first-order valence-electron chi connectivity index (χ1n) is 5.58. The number of carbonyl (C=O) groups excluding carboxylic acids is 2. The third-order valence-corrected chi connectivity index (χ3v) is 3.60. The Morgan fingerprint density at radius 2 is 2.06 bits per heavy atom. The molecule has 0 atom stereocenters. The van der Waals surface area contributed by atoms with Gasteiger partial charge in [0.2, 0.25) is 0 Å². The Morgan fingerprint density at radius 3 is 2.67 bits per heavy atom. The van der Waals surface area contributed by atoms with E-state index in [1.165, 1.54) is 18.3 Å². The van der Waals surface area contributed by atoms with Crippen molar-refractivity contribution in [3.8, 4) is 0 Å². The summed E-state index contributed by atoms with van der Waals surface area (Å²) in [7, 11) is 0. The Hall–Kier alpha value is -1.88. The molecule has 0 saturated carbocycles. The Bertz CT molecular complexity index is 542. The maximum Gasteiger partial charge on any atom is 0.261 e. The fraction of sp³-hybridized carbons (Fsp3) is 0.231. The van der Waals surface area contributed by atoms with Gasteiger partial charge >= 0.3 is 0 Å². The second-order valence-corrected chi connectivity index (χ2v) is 4.89. The lowest BCUT2D eigenvalue weighted by atomic mass is 10.3. The van der Waals surface area contributed by atoms with Crippen LogP contribution >= 0.6 is 11.3 Å². The van der Waals surface area contributed by atoms with Gasteiger partial charge in [-0.3, -0.25) is 9.59 Å². The number of hydrogen-bond acceptors (Lipinski definition) is 4. The average Bonchev–Trinajstić information content (AvgIpc) is 2.99. The van der Waals surface area contributed by atoms with Gasteiger partial charge in [-0.1, -0.05) is 0 Å². The molecular formula is C13H13NO3S. The zero-order chi connectivity index (χ0) is 13.0. The van der Waals surface area contributed by atoms with Gasteiger partial charge in [-0.2, -0.15) is 0 Å². The predicted octanol–water partition coefficient (Wildman–Crippen LogP) is 2.52. The number of Topliss-reactive ketones (excluding diaryl/α,β-unsaturated/α-hetero) is 1. The summed E-state index contributed by atoms with van der Waals surface area (Å²) in [6.45, 7) is 2.00. The molecule has 0 bridgehead atoms. The summed E-state index contributed by atoms with van der Waals surface area (Å²) in [4.78, 5) is 24.0. The van der Waals surface area contributed by atoms with Gasteiger partial charge < -0.3 is 9.73 Å². The lowest BCUT2D eigenvalue weighted by molar-refractivity contribution is 0.0957. The van der Waals surface area contributed by atoms with E-state index in [1.807, 2.05) is 12.1 Å². The molecule has 0 saturated heterocycles. The maximum atomic E-state index is 11.8. The molecule has 0 radical (unpaired) electrons. The van der Waals surface area contributed by atoms with Crippen LogP contribution in [0.1, 0.15) is 32.0 Å². The highest BCUT2D eigenvalue weighted by Crippen LogP contribution is 2.16. The van der Waals surface area contributed by atoms with Crippen LogP contribution in [0.4, 0.5) is 0 Å². The van der Waals surface area contributed by atoms with Crippen LogP contribution in [0, 0.1) is 0 Å². The van der Waals surface area contributed by atoms with E-state index in [0.29, 0.717) is 22.7 Å². The third kappa shape index (κ3) is 3.07. The SMILES string of the molecule is CC(=O)c1ccc(C(=O)NCCc2ccco2)s1. The number of furan rings is 1. The summed E-state index contributed by atoms with van der Waals surface area (Å²) < 4.78 is 5.16. The first kappa shape index (κ1) is 12.6. The minimum absolute atomic E-state index is 0.0189. The van der Waals surface area contributed by atoms with Gasteiger partial charge in [0.1, 0.15) is 5.76 Å². The highest BCUT2D eigenvalue weighted by atomic mass is 32.1. The molecule has 1 amide bonds. The molecule has 2 rings (SSSR count). The normalized spacial score (nSPS) is 10.3. The second kappa shape index (κ2) is 5.64. The van der Waals surface area contributed by atoms with Gasteiger partial charge in [0.25, 0.3) is 5.91 Å². The summed E-state index contributed by atoms with van der Waals surface area (Å²) in [5.74, 6) is 0.666. The molecule has 2 heterocycles. The molecule has 1 N–H and O–H groups in total. The monoisotopic (exact) mass is 263 g/mol. The number of rotatable bonds is 5. The van der Waals surface area contributed by atoms with Crippen LogP contribution in [0.3, 0.4) is 0 Å². The zero-order valence-corrected chi connectivity index (χ0v) is 10.8. The molecule has 0 spiro atoms. The highest BCUT2D eigenvalue weighted by Gasteiger charge is 2.10. The predicted molar refractivity (Wildman–Crippen MR) is 69.1 cm³/mol. The van der Waals surface area contributed by atoms with Crippen molar-refractivity contribution in [1.29, 1.82) is 0 Å². The lowest BCUT2D eigenvalue weighted by Crippen LogP contribution is -2.24. The Morgan fingerprint density at radius 1 is 1.28 bits per heavy atom. The fourth-order valence-corrected chi connectivity index (χ4v) is 2.31. The fourth-order valence-electron chi connectivity index (χ4n) is 1.49. The van der Waals surface area contributed by atoms with Crippen LogP contribution in [0.2, 0.25) is 0 Å². The Balaban J connectivity index is 1.85. The zero-order valence-electron chi connectivity index (χ0n) is 9.93. The van der Waals surface area contributed by atoms with E-state index >= 15 is 0 Å². The van der Waals surface area contributed by atoms with Crippen LogP contribution in [0.25, 0.3) is 0 Å². The molecule has 5 heteroatoms. The molecule has 0 aliphatic rings. The minimum atomic E-state index is -0.154. The van der Waals surface area contributed by atoms with E-state index < -0.39 is 0 Å². The van der Waals surface area contributed by atoms with Gasteiger partial charge in [0.05, 0.1) is 16.0 Å². The number of thiophene rings is 1. The van der Waals surface area contributed by atoms with Crippen LogP contribution in [-0.2, 0) is 6.42 Å². The second-order valence-electron chi connectivity index (χ2n) is 3.81. The van der Waals surface area contributed by atoms with Crippen molar-refractivity contribution >= 4 is 23.0 Å². The van der Waals surface area contributed by atoms with Gasteiger partial charge in [0.15, 0.2) is 5.78 Å². The van der Waals surface area contributed by atoms with Gasteiger partial charge in [-0.05, 0) is 31.2 Å². The van der Waals surface area contributed by atoms with Crippen molar-refractivity contribution in [3.05, 3.63) is 46.0 Å². The Kier molecular flexibility index (Phi) is 3.94. The van der Waals surface area contributed by atoms with Crippen molar-refractivity contribution in [2.45, 2.75) is 13.3 Å². The number of amides is 1. The molecule has 0 aliphatic heterocycles. The van der Waals surface area contributed by atoms with E-state index in [-0.39, 0.29) is 11.7 Å². The molecule has 0 aromatic carbocycles. The van der Waals surface area contributed by atoms with Crippen molar-refractivity contribution < 1.29 is 14.0 Å². The molecular weight excluding hydrogens is 250 g/mol. The quantitative estimate of drug-likeness (QED) is 0.843. The first-order chi connectivity index (χ1) is 8.66. The topological polar surface area (TPSA) is 59.3 Å². The number of hydrogen-bond donors (Lipinski definition) is 1. The van der Waals surface area contributed by atoms with Crippen molar-refractivity contribution in [2.24, 2.45) is 0 Å². The van der Waals surface area contributed by atoms with Gasteiger partial charge in [-0.25, -0.2) is 0 Å². The largest absolute Gasteiger partial charge is 0.469 e. The molecule has 18 heavy (non-hydrogen) atoms.